The summed E-state index contributed by atoms with van der Waals surface area (Å²) in [7, 11) is 0. The second kappa shape index (κ2) is 4.09. The Morgan fingerprint density at radius 3 is 2.42 bits per heavy atom. The summed E-state index contributed by atoms with van der Waals surface area (Å²) in [4.78, 5) is 12.3. The van der Waals surface area contributed by atoms with E-state index in [2.05, 4.69) is 26.1 Å². The normalized spacial score (nSPS) is 35.3. The molecule has 19 heavy (non-hydrogen) atoms. The van der Waals surface area contributed by atoms with E-state index < -0.39 is 0 Å². The molecule has 102 valence electrons. The Labute approximate surface area is 115 Å². The van der Waals surface area contributed by atoms with Crippen LogP contribution in [0.2, 0.25) is 0 Å². The van der Waals surface area contributed by atoms with Crippen LogP contribution in [0, 0.1) is 16.7 Å². The quantitative estimate of drug-likeness (QED) is 0.861. The Morgan fingerprint density at radius 2 is 1.89 bits per heavy atom. The van der Waals surface area contributed by atoms with Gasteiger partial charge < -0.3 is 5.32 Å². The molecule has 0 unspecified atom stereocenters. The first-order valence-corrected chi connectivity index (χ1v) is 7.31. The van der Waals surface area contributed by atoms with Gasteiger partial charge in [-0.25, -0.2) is 0 Å². The highest BCUT2D eigenvalue weighted by molar-refractivity contribution is 5.94. The standard InChI is InChI=1S/C17H23NO/c1-16(2)13-9-10-17(16,3)14(11-13)18-15(19)12-7-5-4-6-8-12/h4-8,13-14H,9-11H2,1-3H3,(H,18,19)/t13-,14-,17+/m1/s1. The van der Waals surface area contributed by atoms with Crippen LogP contribution in [-0.2, 0) is 0 Å². The lowest BCUT2D eigenvalue weighted by Crippen LogP contribution is -2.46. The zero-order valence-electron chi connectivity index (χ0n) is 12.1. The number of hydrogen-bond donors (Lipinski definition) is 1. The first-order chi connectivity index (χ1) is 8.95. The third-order valence-electron chi connectivity index (χ3n) is 6.14. The summed E-state index contributed by atoms with van der Waals surface area (Å²) >= 11 is 0. The fourth-order valence-corrected chi connectivity index (χ4v) is 4.25. The van der Waals surface area contributed by atoms with Crippen LogP contribution in [0.25, 0.3) is 0 Å². The molecule has 1 amide bonds. The van der Waals surface area contributed by atoms with E-state index in [0.29, 0.717) is 11.5 Å². The molecule has 0 heterocycles. The molecule has 1 aromatic rings. The zero-order chi connectivity index (χ0) is 13.7. The minimum Gasteiger partial charge on any atom is -0.349 e. The van der Waals surface area contributed by atoms with Gasteiger partial charge in [-0.3, -0.25) is 4.79 Å². The number of carbonyl (C=O) groups is 1. The lowest BCUT2D eigenvalue weighted by Gasteiger charge is -2.39. The third-order valence-corrected chi connectivity index (χ3v) is 6.14. The molecular formula is C17H23NO. The van der Waals surface area contributed by atoms with Gasteiger partial charge in [0.25, 0.3) is 5.91 Å². The Hall–Kier alpha value is -1.31. The van der Waals surface area contributed by atoms with E-state index in [0.717, 1.165) is 17.9 Å². The van der Waals surface area contributed by atoms with E-state index in [1.807, 2.05) is 30.3 Å². The molecule has 2 fully saturated rings. The summed E-state index contributed by atoms with van der Waals surface area (Å²) in [6.45, 7) is 7.11. The number of benzene rings is 1. The van der Waals surface area contributed by atoms with Crippen molar-refractivity contribution in [1.29, 1.82) is 0 Å². The van der Waals surface area contributed by atoms with Crippen LogP contribution < -0.4 is 5.32 Å². The molecule has 2 heteroatoms. The van der Waals surface area contributed by atoms with E-state index in [1.165, 1.54) is 12.8 Å². The maximum atomic E-state index is 12.3. The van der Waals surface area contributed by atoms with Crippen molar-refractivity contribution in [2.24, 2.45) is 16.7 Å². The molecular weight excluding hydrogens is 234 g/mol. The van der Waals surface area contributed by atoms with Gasteiger partial charge in [-0.15, -0.1) is 0 Å². The van der Waals surface area contributed by atoms with Gasteiger partial charge in [0, 0.05) is 11.6 Å². The molecule has 0 spiro atoms. The van der Waals surface area contributed by atoms with Crippen molar-refractivity contribution in [2.75, 3.05) is 0 Å². The number of carbonyl (C=O) groups excluding carboxylic acids is 1. The molecule has 2 bridgehead atoms. The van der Waals surface area contributed by atoms with Gasteiger partial charge in [-0.2, -0.15) is 0 Å². The van der Waals surface area contributed by atoms with Crippen molar-refractivity contribution in [2.45, 2.75) is 46.1 Å². The molecule has 0 radical (unpaired) electrons. The first-order valence-electron chi connectivity index (χ1n) is 7.31. The number of amides is 1. The Morgan fingerprint density at radius 1 is 1.21 bits per heavy atom. The molecule has 0 aliphatic heterocycles. The van der Waals surface area contributed by atoms with Gasteiger partial charge in [0.05, 0.1) is 0 Å². The highest BCUT2D eigenvalue weighted by atomic mass is 16.1. The van der Waals surface area contributed by atoms with Crippen LogP contribution in [0.4, 0.5) is 0 Å². The first kappa shape index (κ1) is 12.7. The summed E-state index contributed by atoms with van der Waals surface area (Å²) in [6.07, 6.45) is 3.70. The fourth-order valence-electron chi connectivity index (χ4n) is 4.25. The molecule has 1 N–H and O–H groups in total. The molecule has 0 saturated heterocycles. The van der Waals surface area contributed by atoms with Gasteiger partial charge >= 0.3 is 0 Å². The number of fused-ring (bicyclic) bond motifs is 2. The minimum atomic E-state index is 0.0789. The summed E-state index contributed by atoms with van der Waals surface area (Å²) in [5.41, 5.74) is 1.37. The van der Waals surface area contributed by atoms with Crippen LogP contribution in [0.5, 0.6) is 0 Å². The highest BCUT2D eigenvalue weighted by Crippen LogP contribution is 2.65. The number of nitrogens with one attached hydrogen (secondary N) is 1. The summed E-state index contributed by atoms with van der Waals surface area (Å²) in [6, 6.07) is 9.88. The number of hydrogen-bond acceptors (Lipinski definition) is 1. The third kappa shape index (κ3) is 1.73. The van der Waals surface area contributed by atoms with E-state index >= 15 is 0 Å². The molecule has 2 aliphatic carbocycles. The van der Waals surface area contributed by atoms with Crippen molar-refractivity contribution in [3.63, 3.8) is 0 Å². The fraction of sp³-hybridized carbons (Fsp3) is 0.588. The van der Waals surface area contributed by atoms with Crippen LogP contribution in [-0.4, -0.2) is 11.9 Å². The molecule has 2 nitrogen and oxygen atoms in total. The van der Waals surface area contributed by atoms with E-state index in [1.54, 1.807) is 0 Å². The van der Waals surface area contributed by atoms with E-state index in [4.69, 9.17) is 0 Å². The van der Waals surface area contributed by atoms with Crippen LogP contribution >= 0.6 is 0 Å². The van der Waals surface area contributed by atoms with Gasteiger partial charge in [-0.05, 0) is 48.1 Å². The van der Waals surface area contributed by atoms with Gasteiger partial charge in [0.1, 0.15) is 0 Å². The molecule has 2 aliphatic rings. The van der Waals surface area contributed by atoms with E-state index in [-0.39, 0.29) is 11.3 Å². The monoisotopic (exact) mass is 257 g/mol. The Balaban J connectivity index is 1.78. The van der Waals surface area contributed by atoms with Gasteiger partial charge in [0.2, 0.25) is 0 Å². The summed E-state index contributed by atoms with van der Waals surface area (Å²) < 4.78 is 0. The highest BCUT2D eigenvalue weighted by Gasteiger charge is 2.61. The molecule has 3 atom stereocenters. The molecule has 3 rings (SSSR count). The predicted molar refractivity (Wildman–Crippen MR) is 76.9 cm³/mol. The van der Waals surface area contributed by atoms with Crippen molar-refractivity contribution >= 4 is 5.91 Å². The van der Waals surface area contributed by atoms with Crippen molar-refractivity contribution in [1.82, 2.24) is 5.32 Å². The van der Waals surface area contributed by atoms with Crippen LogP contribution in [0.15, 0.2) is 30.3 Å². The average molecular weight is 257 g/mol. The van der Waals surface area contributed by atoms with Gasteiger partial charge in [0.15, 0.2) is 0 Å². The summed E-state index contributed by atoms with van der Waals surface area (Å²) in [5.74, 6) is 0.841. The van der Waals surface area contributed by atoms with Crippen LogP contribution in [0.1, 0.15) is 50.4 Å². The molecule has 0 aromatic heterocycles. The second-order valence-corrected chi connectivity index (χ2v) is 7.00. The lowest BCUT2D eigenvalue weighted by molar-refractivity contribution is 0.0826. The predicted octanol–water partition coefficient (Wildman–Crippen LogP) is 3.63. The van der Waals surface area contributed by atoms with E-state index in [9.17, 15) is 4.79 Å². The molecule has 1 aromatic carbocycles. The maximum absolute atomic E-state index is 12.3. The van der Waals surface area contributed by atoms with Crippen molar-refractivity contribution in [3.8, 4) is 0 Å². The largest absolute Gasteiger partial charge is 0.349 e. The summed E-state index contributed by atoms with van der Waals surface area (Å²) in [5, 5.41) is 3.28. The van der Waals surface area contributed by atoms with Gasteiger partial charge in [-0.1, -0.05) is 39.0 Å². The minimum absolute atomic E-state index is 0.0789. The Bertz CT molecular complexity index is 493. The SMILES string of the molecule is CC1(C)[C@@H]2CC[C@@]1(C)[C@H](NC(=O)c1ccccc1)C2. The van der Waals surface area contributed by atoms with Crippen molar-refractivity contribution < 1.29 is 4.79 Å². The van der Waals surface area contributed by atoms with Crippen molar-refractivity contribution in [3.05, 3.63) is 35.9 Å². The Kier molecular flexibility index (Phi) is 2.74. The molecule has 2 saturated carbocycles. The number of rotatable bonds is 2. The lowest BCUT2D eigenvalue weighted by atomic mass is 9.69. The maximum Gasteiger partial charge on any atom is 0.251 e. The zero-order valence-corrected chi connectivity index (χ0v) is 12.1. The average Bonchev–Trinajstić information content (AvgIpc) is 2.73. The van der Waals surface area contributed by atoms with Crippen LogP contribution in [0.3, 0.4) is 0 Å². The smallest absolute Gasteiger partial charge is 0.251 e. The topological polar surface area (TPSA) is 29.1 Å². The second-order valence-electron chi connectivity index (χ2n) is 7.00.